The van der Waals surface area contributed by atoms with Crippen molar-refractivity contribution in [1.82, 2.24) is 4.31 Å². The fourth-order valence-electron chi connectivity index (χ4n) is 2.75. The van der Waals surface area contributed by atoms with Crippen molar-refractivity contribution in [2.45, 2.75) is 9.79 Å². The van der Waals surface area contributed by atoms with Gasteiger partial charge in [0.05, 0.1) is 35.7 Å². The number of morpholine rings is 1. The second kappa shape index (κ2) is 8.49. The first kappa shape index (κ1) is 21.2. The Balaban J connectivity index is 1.79. The molecule has 0 saturated carbocycles. The van der Waals surface area contributed by atoms with Crippen LogP contribution in [0.1, 0.15) is 10.4 Å². The third-order valence-corrected chi connectivity index (χ3v) is 7.57. The minimum absolute atomic E-state index is 0.0648. The van der Waals surface area contributed by atoms with Gasteiger partial charge in [-0.1, -0.05) is 6.07 Å². The van der Waals surface area contributed by atoms with E-state index in [-0.39, 0.29) is 34.1 Å². The summed E-state index contributed by atoms with van der Waals surface area (Å²) in [5.74, 6) is -0.653. The number of carbonyl (C=O) groups is 1. The van der Waals surface area contributed by atoms with Gasteiger partial charge in [0.15, 0.2) is 0 Å². The summed E-state index contributed by atoms with van der Waals surface area (Å²) in [6, 6.07) is 10.8. The monoisotopic (exact) mass is 440 g/mol. The molecule has 1 fully saturated rings. The van der Waals surface area contributed by atoms with Gasteiger partial charge in [0, 0.05) is 18.8 Å². The summed E-state index contributed by atoms with van der Waals surface area (Å²) in [5.41, 5.74) is 0.289. The van der Waals surface area contributed by atoms with Crippen LogP contribution < -0.4 is 4.72 Å². The van der Waals surface area contributed by atoms with Gasteiger partial charge in [0.25, 0.3) is 10.0 Å². The van der Waals surface area contributed by atoms with E-state index in [9.17, 15) is 21.6 Å². The Morgan fingerprint density at radius 2 is 1.66 bits per heavy atom. The van der Waals surface area contributed by atoms with Crippen LogP contribution in [0.15, 0.2) is 58.3 Å². The maximum absolute atomic E-state index is 12.6. The number of hydrogen-bond acceptors (Lipinski definition) is 7. The van der Waals surface area contributed by atoms with Crippen LogP contribution in [-0.2, 0) is 29.5 Å². The molecule has 3 rings (SSSR count). The molecule has 29 heavy (non-hydrogen) atoms. The molecule has 0 atom stereocenters. The zero-order valence-corrected chi connectivity index (χ0v) is 17.2. The summed E-state index contributed by atoms with van der Waals surface area (Å²) in [6.45, 7) is 1.21. The number of benzene rings is 2. The molecule has 1 heterocycles. The number of ether oxygens (including phenoxy) is 2. The summed E-state index contributed by atoms with van der Waals surface area (Å²) in [7, 11) is -6.45. The molecule has 156 valence electrons. The molecule has 0 aromatic heterocycles. The smallest absolute Gasteiger partial charge is 0.337 e. The number of sulfonamides is 2. The lowest BCUT2D eigenvalue weighted by Crippen LogP contribution is -2.40. The van der Waals surface area contributed by atoms with Crippen molar-refractivity contribution in [3.8, 4) is 0 Å². The molecule has 0 radical (unpaired) electrons. The largest absolute Gasteiger partial charge is 0.465 e. The molecule has 0 aliphatic carbocycles. The zero-order valence-electron chi connectivity index (χ0n) is 15.6. The van der Waals surface area contributed by atoms with E-state index < -0.39 is 26.0 Å². The molecule has 2 aromatic rings. The molecule has 11 heteroatoms. The van der Waals surface area contributed by atoms with Crippen LogP contribution >= 0.6 is 0 Å². The number of nitrogens with one attached hydrogen (secondary N) is 1. The maximum atomic E-state index is 12.6. The van der Waals surface area contributed by atoms with Crippen LogP contribution in [-0.4, -0.2) is 60.5 Å². The van der Waals surface area contributed by atoms with Crippen molar-refractivity contribution in [2.75, 3.05) is 38.1 Å². The summed E-state index contributed by atoms with van der Waals surface area (Å²) >= 11 is 0. The van der Waals surface area contributed by atoms with Crippen LogP contribution in [0.4, 0.5) is 5.69 Å². The van der Waals surface area contributed by atoms with Crippen molar-refractivity contribution >= 4 is 31.7 Å². The van der Waals surface area contributed by atoms with E-state index >= 15 is 0 Å². The number of methoxy groups -OCH3 is 1. The fourth-order valence-corrected chi connectivity index (χ4v) is 5.27. The molecule has 1 aliphatic rings. The highest BCUT2D eigenvalue weighted by atomic mass is 32.2. The van der Waals surface area contributed by atoms with E-state index in [1.54, 1.807) is 0 Å². The highest BCUT2D eigenvalue weighted by molar-refractivity contribution is 7.92. The third kappa shape index (κ3) is 4.75. The minimum atomic E-state index is -3.98. The second-order valence-corrected chi connectivity index (χ2v) is 9.79. The summed E-state index contributed by atoms with van der Waals surface area (Å²) in [6.07, 6.45) is 0. The Morgan fingerprint density at radius 3 is 2.28 bits per heavy atom. The van der Waals surface area contributed by atoms with E-state index in [4.69, 9.17) is 4.74 Å². The van der Waals surface area contributed by atoms with Crippen LogP contribution in [0.25, 0.3) is 0 Å². The van der Waals surface area contributed by atoms with Crippen LogP contribution in [0.5, 0.6) is 0 Å². The molecular weight excluding hydrogens is 420 g/mol. The fraction of sp³-hybridized carbons (Fsp3) is 0.278. The summed E-state index contributed by atoms with van der Waals surface area (Å²) in [4.78, 5) is 11.6. The van der Waals surface area contributed by atoms with E-state index in [1.807, 2.05) is 0 Å². The molecule has 9 nitrogen and oxygen atoms in total. The number of anilines is 1. The quantitative estimate of drug-likeness (QED) is 0.672. The van der Waals surface area contributed by atoms with Crippen molar-refractivity contribution in [3.05, 3.63) is 54.1 Å². The van der Waals surface area contributed by atoms with E-state index in [0.29, 0.717) is 13.2 Å². The molecule has 0 bridgehead atoms. The molecule has 2 aromatic carbocycles. The zero-order chi connectivity index (χ0) is 21.1. The Morgan fingerprint density at radius 1 is 1.00 bits per heavy atom. The number of esters is 1. The predicted molar refractivity (Wildman–Crippen MR) is 105 cm³/mol. The minimum Gasteiger partial charge on any atom is -0.465 e. The summed E-state index contributed by atoms with van der Waals surface area (Å²) in [5, 5.41) is 0. The van der Waals surface area contributed by atoms with Gasteiger partial charge in [-0.2, -0.15) is 4.31 Å². The maximum Gasteiger partial charge on any atom is 0.337 e. The number of rotatable bonds is 6. The lowest BCUT2D eigenvalue weighted by Gasteiger charge is -2.26. The van der Waals surface area contributed by atoms with Gasteiger partial charge in [0.2, 0.25) is 10.0 Å². The highest BCUT2D eigenvalue weighted by Gasteiger charge is 2.26. The van der Waals surface area contributed by atoms with Crippen molar-refractivity contribution in [2.24, 2.45) is 0 Å². The van der Waals surface area contributed by atoms with Gasteiger partial charge in [-0.25, -0.2) is 21.6 Å². The van der Waals surface area contributed by atoms with Crippen LogP contribution in [0, 0.1) is 0 Å². The van der Waals surface area contributed by atoms with E-state index in [2.05, 4.69) is 9.46 Å². The second-order valence-electron chi connectivity index (χ2n) is 6.17. The highest BCUT2D eigenvalue weighted by Crippen LogP contribution is 2.22. The molecule has 1 N–H and O–H groups in total. The van der Waals surface area contributed by atoms with Gasteiger partial charge in [-0.05, 0) is 42.5 Å². The topological polar surface area (TPSA) is 119 Å². The Hall–Kier alpha value is -2.47. The van der Waals surface area contributed by atoms with Crippen LogP contribution in [0.2, 0.25) is 0 Å². The van der Waals surface area contributed by atoms with Crippen molar-refractivity contribution in [1.29, 1.82) is 0 Å². The standard InChI is InChI=1S/C18H20N2O7S2/c1-26-18(21)14-3-2-4-17(13-14)28(22,23)19-15-5-7-16(8-6-15)29(24,25)20-9-11-27-12-10-20/h2-8,13,19H,9-12H2,1H3. The number of carbonyl (C=O) groups excluding carboxylic acids is 1. The van der Waals surface area contributed by atoms with Crippen molar-refractivity contribution in [3.63, 3.8) is 0 Å². The molecule has 1 saturated heterocycles. The van der Waals surface area contributed by atoms with Gasteiger partial charge >= 0.3 is 5.97 Å². The molecule has 0 spiro atoms. The Labute approximate surface area is 169 Å². The predicted octanol–water partition coefficient (Wildman–Crippen LogP) is 1.29. The van der Waals surface area contributed by atoms with Gasteiger partial charge in [-0.3, -0.25) is 4.72 Å². The van der Waals surface area contributed by atoms with Crippen molar-refractivity contribution < 1.29 is 31.1 Å². The average Bonchev–Trinajstić information content (AvgIpc) is 2.74. The van der Waals surface area contributed by atoms with Gasteiger partial charge in [0.1, 0.15) is 0 Å². The normalized spacial score (nSPS) is 15.6. The van der Waals surface area contributed by atoms with E-state index in [1.165, 1.54) is 59.9 Å². The lowest BCUT2D eigenvalue weighted by molar-refractivity contribution is 0.0600. The number of hydrogen-bond donors (Lipinski definition) is 1. The van der Waals surface area contributed by atoms with Crippen LogP contribution in [0.3, 0.4) is 0 Å². The van der Waals surface area contributed by atoms with E-state index in [0.717, 1.165) is 0 Å². The lowest BCUT2D eigenvalue weighted by atomic mass is 10.2. The first-order valence-electron chi connectivity index (χ1n) is 8.63. The van der Waals surface area contributed by atoms with Gasteiger partial charge < -0.3 is 9.47 Å². The Kier molecular flexibility index (Phi) is 6.22. The number of nitrogens with zero attached hydrogens (tertiary/aromatic N) is 1. The SMILES string of the molecule is COC(=O)c1cccc(S(=O)(=O)Nc2ccc(S(=O)(=O)N3CCOCC3)cc2)c1. The first-order chi connectivity index (χ1) is 13.7. The molecule has 1 aliphatic heterocycles. The molecular formula is C18H20N2O7S2. The summed E-state index contributed by atoms with van der Waals surface area (Å²) < 4.78 is 63.9. The Bertz CT molecular complexity index is 1090. The molecule has 0 unspecified atom stereocenters. The average molecular weight is 440 g/mol. The third-order valence-electron chi connectivity index (χ3n) is 4.28. The first-order valence-corrected chi connectivity index (χ1v) is 11.6. The van der Waals surface area contributed by atoms with Gasteiger partial charge in [-0.15, -0.1) is 0 Å². The molecule has 0 amide bonds.